The minimum Gasteiger partial charge on any atom is -0.478 e. The van der Waals surface area contributed by atoms with Crippen molar-refractivity contribution in [1.82, 2.24) is 0 Å². The lowest BCUT2D eigenvalue weighted by atomic mass is 10.1. The lowest BCUT2D eigenvalue weighted by Crippen LogP contribution is -2.07. The van der Waals surface area contributed by atoms with Crippen LogP contribution in [0.2, 0.25) is 0 Å². The number of nitrogens with zero attached hydrogens (tertiary/aromatic N) is 1. The molecule has 0 radical (unpaired) electrons. The van der Waals surface area contributed by atoms with E-state index in [1.54, 1.807) is 6.08 Å². The summed E-state index contributed by atoms with van der Waals surface area (Å²) in [5, 5.41) is 22.4. The number of nitro benzene ring substituents is 1. The summed E-state index contributed by atoms with van der Waals surface area (Å²) in [5.41, 5.74) is 0.0184. The van der Waals surface area contributed by atoms with Crippen LogP contribution in [0.1, 0.15) is 16.8 Å². The zero-order chi connectivity index (χ0) is 12.8. The van der Waals surface area contributed by atoms with E-state index in [2.05, 4.69) is 11.9 Å². The average molecular weight is 236 g/mol. The molecule has 0 saturated carbocycles. The Balaban J connectivity index is 3.00. The molecule has 6 heteroatoms. The fraction of sp³-hybridized carbons (Fsp3) is 0.182. The summed E-state index contributed by atoms with van der Waals surface area (Å²) >= 11 is 0. The number of anilines is 1. The zero-order valence-electron chi connectivity index (χ0n) is 9.05. The molecule has 0 fully saturated rings. The molecule has 17 heavy (non-hydrogen) atoms. The van der Waals surface area contributed by atoms with E-state index in [-0.39, 0.29) is 11.3 Å². The zero-order valence-corrected chi connectivity index (χ0v) is 9.05. The van der Waals surface area contributed by atoms with Gasteiger partial charge in [-0.2, -0.15) is 0 Å². The van der Waals surface area contributed by atoms with Gasteiger partial charge >= 0.3 is 5.97 Å². The number of carboxylic acid groups (broad SMARTS) is 1. The van der Waals surface area contributed by atoms with Gasteiger partial charge < -0.3 is 10.4 Å². The minimum atomic E-state index is -1.20. The van der Waals surface area contributed by atoms with Crippen LogP contribution in [0.4, 0.5) is 11.4 Å². The van der Waals surface area contributed by atoms with Crippen molar-refractivity contribution in [2.75, 3.05) is 11.9 Å². The van der Waals surface area contributed by atoms with Gasteiger partial charge in [-0.05, 0) is 12.5 Å². The van der Waals surface area contributed by atoms with E-state index in [0.29, 0.717) is 18.7 Å². The number of carboxylic acids is 1. The highest BCUT2D eigenvalue weighted by Crippen LogP contribution is 2.22. The van der Waals surface area contributed by atoms with Crippen molar-refractivity contribution in [1.29, 1.82) is 0 Å². The maximum Gasteiger partial charge on any atom is 0.338 e. The number of nitrogens with one attached hydrogen (secondary N) is 1. The van der Waals surface area contributed by atoms with Gasteiger partial charge in [0.2, 0.25) is 0 Å². The molecule has 1 aromatic carbocycles. The number of aromatic carboxylic acids is 1. The summed E-state index contributed by atoms with van der Waals surface area (Å²) in [6.45, 7) is 4.07. The maximum absolute atomic E-state index is 10.9. The molecule has 0 aliphatic heterocycles. The number of hydrogen-bond donors (Lipinski definition) is 2. The number of nitro groups is 1. The van der Waals surface area contributed by atoms with Crippen molar-refractivity contribution in [2.24, 2.45) is 0 Å². The predicted octanol–water partition coefficient (Wildman–Crippen LogP) is 2.28. The van der Waals surface area contributed by atoms with Crippen molar-refractivity contribution < 1.29 is 14.8 Å². The van der Waals surface area contributed by atoms with Crippen molar-refractivity contribution in [2.45, 2.75) is 6.42 Å². The van der Waals surface area contributed by atoms with Crippen LogP contribution in [0.25, 0.3) is 0 Å². The Morgan fingerprint density at radius 2 is 2.29 bits per heavy atom. The molecule has 0 amide bonds. The summed E-state index contributed by atoms with van der Waals surface area (Å²) in [7, 11) is 0. The number of hydrogen-bond acceptors (Lipinski definition) is 4. The Kier molecular flexibility index (Phi) is 4.21. The summed E-state index contributed by atoms with van der Waals surface area (Å²) in [5.74, 6) is -1.20. The van der Waals surface area contributed by atoms with E-state index in [4.69, 9.17) is 5.11 Å². The molecule has 6 nitrogen and oxygen atoms in total. The van der Waals surface area contributed by atoms with Gasteiger partial charge in [-0.15, -0.1) is 6.58 Å². The van der Waals surface area contributed by atoms with Crippen LogP contribution in [-0.2, 0) is 0 Å². The molecule has 0 unspecified atom stereocenters. The molecule has 0 aliphatic carbocycles. The van der Waals surface area contributed by atoms with Gasteiger partial charge in [0.25, 0.3) is 5.69 Å². The highest BCUT2D eigenvalue weighted by Gasteiger charge is 2.15. The van der Waals surface area contributed by atoms with Crippen LogP contribution in [-0.4, -0.2) is 22.5 Å². The van der Waals surface area contributed by atoms with Gasteiger partial charge in [-0.3, -0.25) is 10.1 Å². The summed E-state index contributed by atoms with van der Waals surface area (Å²) in [6.07, 6.45) is 2.37. The first kappa shape index (κ1) is 12.7. The molecule has 0 saturated heterocycles. The SMILES string of the molecule is C=CCCNc1ccc([N+](=O)[O-])cc1C(=O)O. The molecule has 0 atom stereocenters. The molecule has 0 bridgehead atoms. The topological polar surface area (TPSA) is 92.5 Å². The monoisotopic (exact) mass is 236 g/mol. The number of carbonyl (C=O) groups is 1. The third kappa shape index (κ3) is 3.30. The van der Waals surface area contributed by atoms with Crippen LogP contribution in [0.5, 0.6) is 0 Å². The first-order valence-electron chi connectivity index (χ1n) is 4.92. The minimum absolute atomic E-state index is 0.108. The van der Waals surface area contributed by atoms with E-state index in [1.807, 2.05) is 0 Å². The summed E-state index contributed by atoms with van der Waals surface area (Å²) < 4.78 is 0. The van der Waals surface area contributed by atoms with E-state index in [1.165, 1.54) is 12.1 Å². The number of non-ortho nitro benzene ring substituents is 1. The van der Waals surface area contributed by atoms with Crippen LogP contribution >= 0.6 is 0 Å². The van der Waals surface area contributed by atoms with Crippen LogP contribution in [0.3, 0.4) is 0 Å². The molecule has 1 aromatic rings. The fourth-order valence-electron chi connectivity index (χ4n) is 1.29. The standard InChI is InChI=1S/C11H12N2O4/c1-2-3-6-12-10-5-4-8(13(16)17)7-9(10)11(14)15/h2,4-5,7,12H,1,3,6H2,(H,14,15). The Bertz CT molecular complexity index is 457. The van der Waals surface area contributed by atoms with Crippen molar-refractivity contribution in [3.63, 3.8) is 0 Å². The van der Waals surface area contributed by atoms with E-state index < -0.39 is 10.9 Å². The van der Waals surface area contributed by atoms with E-state index in [9.17, 15) is 14.9 Å². The molecule has 0 aliphatic rings. The molecule has 0 spiro atoms. The highest BCUT2D eigenvalue weighted by atomic mass is 16.6. The summed E-state index contributed by atoms with van der Waals surface area (Å²) in [6, 6.07) is 3.70. The van der Waals surface area contributed by atoms with Gasteiger partial charge in [0.15, 0.2) is 0 Å². The smallest absolute Gasteiger partial charge is 0.338 e. The molecule has 0 heterocycles. The van der Waals surface area contributed by atoms with Crippen molar-refractivity contribution in [3.8, 4) is 0 Å². The lowest BCUT2D eigenvalue weighted by Gasteiger charge is -2.08. The van der Waals surface area contributed by atoms with E-state index in [0.717, 1.165) is 6.07 Å². The van der Waals surface area contributed by atoms with Crippen LogP contribution in [0, 0.1) is 10.1 Å². The van der Waals surface area contributed by atoms with Gasteiger partial charge in [0.1, 0.15) is 0 Å². The van der Waals surface area contributed by atoms with Crippen LogP contribution < -0.4 is 5.32 Å². The second-order valence-electron chi connectivity index (χ2n) is 3.30. The molecule has 1 rings (SSSR count). The first-order chi connectivity index (χ1) is 8.06. The third-order valence-corrected chi connectivity index (χ3v) is 2.11. The molecular formula is C11H12N2O4. The Morgan fingerprint density at radius 1 is 1.59 bits per heavy atom. The maximum atomic E-state index is 10.9. The van der Waals surface area contributed by atoms with Gasteiger partial charge in [0, 0.05) is 24.4 Å². The first-order valence-corrected chi connectivity index (χ1v) is 4.92. The van der Waals surface area contributed by atoms with Gasteiger partial charge in [-0.25, -0.2) is 4.79 Å². The number of rotatable bonds is 6. The van der Waals surface area contributed by atoms with Crippen molar-refractivity contribution >= 4 is 17.3 Å². The Hall–Kier alpha value is -2.37. The second-order valence-corrected chi connectivity index (χ2v) is 3.30. The fourth-order valence-corrected chi connectivity index (χ4v) is 1.29. The normalized spacial score (nSPS) is 9.65. The average Bonchev–Trinajstić information content (AvgIpc) is 2.29. The molecular weight excluding hydrogens is 224 g/mol. The van der Waals surface area contributed by atoms with Crippen molar-refractivity contribution in [3.05, 3.63) is 46.5 Å². The highest BCUT2D eigenvalue weighted by molar-refractivity contribution is 5.95. The van der Waals surface area contributed by atoms with Crippen LogP contribution in [0.15, 0.2) is 30.9 Å². The van der Waals surface area contributed by atoms with Gasteiger partial charge in [-0.1, -0.05) is 6.08 Å². The largest absolute Gasteiger partial charge is 0.478 e. The quantitative estimate of drug-likeness (QED) is 0.342. The molecule has 2 N–H and O–H groups in total. The summed E-state index contributed by atoms with van der Waals surface area (Å²) in [4.78, 5) is 20.8. The Labute approximate surface area is 97.7 Å². The molecule has 90 valence electrons. The molecule has 0 aromatic heterocycles. The van der Waals surface area contributed by atoms with Gasteiger partial charge in [0.05, 0.1) is 10.5 Å². The Morgan fingerprint density at radius 3 is 2.82 bits per heavy atom. The van der Waals surface area contributed by atoms with E-state index >= 15 is 0 Å². The second kappa shape index (κ2) is 5.64. The lowest BCUT2D eigenvalue weighted by molar-refractivity contribution is -0.384. The third-order valence-electron chi connectivity index (χ3n) is 2.11. The predicted molar refractivity (Wildman–Crippen MR) is 63.4 cm³/mol. The number of benzene rings is 1.